The van der Waals surface area contributed by atoms with E-state index in [9.17, 15) is 4.79 Å². The van der Waals surface area contributed by atoms with Crippen molar-refractivity contribution in [3.05, 3.63) is 29.8 Å². The average Bonchev–Trinajstić information content (AvgIpc) is 2.53. The number of hydrogen-bond donors (Lipinski definition) is 3. The number of halogens is 1. The van der Waals surface area contributed by atoms with Gasteiger partial charge in [0, 0.05) is 6.54 Å². The second-order valence-corrected chi connectivity index (χ2v) is 7.71. The number of esters is 1. The van der Waals surface area contributed by atoms with Gasteiger partial charge in [-0.15, -0.1) is 12.4 Å². The first-order chi connectivity index (χ1) is 11.3. The predicted molar refractivity (Wildman–Crippen MR) is 111 cm³/mol. The molecule has 0 saturated heterocycles. The predicted octanol–water partition coefficient (Wildman–Crippen LogP) is 2.95. The van der Waals surface area contributed by atoms with E-state index in [1.54, 1.807) is 0 Å². The molecule has 4 N–H and O–H groups in total. The monoisotopic (exact) mass is 407 g/mol. The van der Waals surface area contributed by atoms with Gasteiger partial charge in [-0.05, 0) is 54.7 Å². The van der Waals surface area contributed by atoms with Crippen molar-refractivity contribution < 1.29 is 9.53 Å². The van der Waals surface area contributed by atoms with E-state index in [0.717, 1.165) is 25.7 Å². The van der Waals surface area contributed by atoms with Crippen molar-refractivity contribution in [1.29, 1.82) is 5.41 Å². The molecular formula is C19H31ClKN3O2. The topological polar surface area (TPSA) is 88.2 Å². The Balaban J connectivity index is 0.00000312. The zero-order valence-electron chi connectivity index (χ0n) is 15.3. The van der Waals surface area contributed by atoms with E-state index in [-0.39, 0.29) is 87.1 Å². The minimum absolute atomic E-state index is 0. The number of ether oxygens (including phenoxy) is 1. The molecule has 1 saturated carbocycles. The van der Waals surface area contributed by atoms with Crippen molar-refractivity contribution >= 4 is 75.7 Å². The molecule has 0 radical (unpaired) electrons. The summed E-state index contributed by atoms with van der Waals surface area (Å²) >= 11 is 0. The van der Waals surface area contributed by atoms with Gasteiger partial charge in [-0.25, -0.2) is 0 Å². The van der Waals surface area contributed by atoms with Crippen molar-refractivity contribution in [2.24, 2.45) is 17.6 Å². The Morgan fingerprint density at radius 1 is 1.19 bits per heavy atom. The molecule has 1 aliphatic carbocycles. The van der Waals surface area contributed by atoms with Crippen LogP contribution in [0.4, 0.5) is 0 Å². The third kappa shape index (κ3) is 8.27. The summed E-state index contributed by atoms with van der Waals surface area (Å²) in [6.07, 6.45) is 3.60. The Morgan fingerprint density at radius 3 is 2.19 bits per heavy atom. The van der Waals surface area contributed by atoms with E-state index >= 15 is 0 Å². The van der Waals surface area contributed by atoms with Crippen molar-refractivity contribution in [3.8, 4) is 5.75 Å². The number of benzene rings is 1. The summed E-state index contributed by atoms with van der Waals surface area (Å²) in [5.74, 6) is 0.949. The Kier molecular flexibility index (Phi) is 11.6. The SMILES string of the molecule is CC(C)(C)c1ccc(OC(=O)[C@H]2CC[C@H](CNC(=N)N)CC2)cc1.Cl.[KH]. The van der Waals surface area contributed by atoms with Gasteiger partial charge in [0.1, 0.15) is 5.75 Å². The number of nitrogens with one attached hydrogen (secondary N) is 2. The summed E-state index contributed by atoms with van der Waals surface area (Å²) in [5.41, 5.74) is 6.62. The Bertz CT molecular complexity index is 579. The summed E-state index contributed by atoms with van der Waals surface area (Å²) in [7, 11) is 0. The van der Waals surface area contributed by atoms with Gasteiger partial charge in [0.15, 0.2) is 5.96 Å². The molecule has 0 atom stereocenters. The van der Waals surface area contributed by atoms with Crippen LogP contribution in [-0.4, -0.2) is 69.9 Å². The van der Waals surface area contributed by atoms with Gasteiger partial charge in [-0.2, -0.15) is 0 Å². The number of rotatable bonds is 4. The number of carbonyl (C=O) groups is 1. The molecule has 2 rings (SSSR count). The number of guanidine groups is 1. The third-order valence-electron chi connectivity index (χ3n) is 4.70. The summed E-state index contributed by atoms with van der Waals surface area (Å²) in [6.45, 7) is 7.19. The summed E-state index contributed by atoms with van der Waals surface area (Å²) in [6, 6.07) is 7.79. The number of hydrogen-bond acceptors (Lipinski definition) is 3. The van der Waals surface area contributed by atoms with E-state index < -0.39 is 0 Å². The first-order valence-corrected chi connectivity index (χ1v) is 8.66. The fourth-order valence-electron chi connectivity index (χ4n) is 3.08. The number of nitrogens with two attached hydrogens (primary N) is 1. The molecule has 7 heteroatoms. The van der Waals surface area contributed by atoms with Crippen molar-refractivity contribution in [1.82, 2.24) is 5.32 Å². The van der Waals surface area contributed by atoms with E-state index in [1.807, 2.05) is 24.3 Å². The molecule has 0 spiro atoms. The zero-order valence-corrected chi connectivity index (χ0v) is 16.1. The van der Waals surface area contributed by atoms with Crippen molar-refractivity contribution in [2.45, 2.75) is 51.9 Å². The molecular weight excluding hydrogens is 377 g/mol. The van der Waals surface area contributed by atoms with Crippen LogP contribution in [-0.2, 0) is 10.2 Å². The summed E-state index contributed by atoms with van der Waals surface area (Å²) < 4.78 is 5.55. The fourth-order valence-corrected chi connectivity index (χ4v) is 3.08. The summed E-state index contributed by atoms with van der Waals surface area (Å²) in [5, 5.41) is 10.1. The van der Waals surface area contributed by atoms with Crippen LogP contribution < -0.4 is 15.8 Å². The second-order valence-electron chi connectivity index (χ2n) is 7.71. The Labute approximate surface area is 205 Å². The van der Waals surface area contributed by atoms with Gasteiger partial charge in [0.05, 0.1) is 5.92 Å². The van der Waals surface area contributed by atoms with Gasteiger partial charge in [0.2, 0.25) is 0 Å². The fraction of sp³-hybridized carbons (Fsp3) is 0.579. The Hall–Kier alpha value is -0.114. The van der Waals surface area contributed by atoms with Crippen LogP contribution in [0.15, 0.2) is 24.3 Å². The van der Waals surface area contributed by atoms with Crippen LogP contribution >= 0.6 is 12.4 Å². The maximum absolute atomic E-state index is 12.3. The van der Waals surface area contributed by atoms with Crippen LogP contribution in [0.5, 0.6) is 5.75 Å². The molecule has 0 amide bonds. The molecule has 1 aliphatic rings. The van der Waals surface area contributed by atoms with Gasteiger partial charge in [-0.3, -0.25) is 10.2 Å². The molecule has 0 bridgehead atoms. The van der Waals surface area contributed by atoms with E-state index in [2.05, 4.69) is 26.1 Å². The molecule has 1 aromatic rings. The molecule has 142 valence electrons. The Morgan fingerprint density at radius 2 is 1.73 bits per heavy atom. The minimum atomic E-state index is -0.128. The van der Waals surface area contributed by atoms with Crippen molar-refractivity contribution in [3.63, 3.8) is 0 Å². The van der Waals surface area contributed by atoms with Gasteiger partial charge in [0.25, 0.3) is 0 Å². The van der Waals surface area contributed by atoms with Crippen molar-refractivity contribution in [2.75, 3.05) is 6.54 Å². The summed E-state index contributed by atoms with van der Waals surface area (Å²) in [4.78, 5) is 12.3. The normalized spacial score (nSPS) is 19.5. The van der Waals surface area contributed by atoms with Gasteiger partial charge < -0.3 is 15.8 Å². The zero-order chi connectivity index (χ0) is 17.7. The van der Waals surface area contributed by atoms with Crippen LogP contribution in [0, 0.1) is 17.2 Å². The molecule has 26 heavy (non-hydrogen) atoms. The molecule has 1 aromatic carbocycles. The number of carbonyl (C=O) groups excluding carboxylic acids is 1. The maximum atomic E-state index is 12.3. The average molecular weight is 408 g/mol. The molecule has 0 aromatic heterocycles. The van der Waals surface area contributed by atoms with Gasteiger partial charge in [-0.1, -0.05) is 32.9 Å². The van der Waals surface area contributed by atoms with E-state index in [1.165, 1.54) is 5.56 Å². The van der Waals surface area contributed by atoms with Crippen LogP contribution in [0.1, 0.15) is 52.0 Å². The second kappa shape index (κ2) is 11.7. The van der Waals surface area contributed by atoms with Gasteiger partial charge >= 0.3 is 57.4 Å². The van der Waals surface area contributed by atoms with Crippen LogP contribution in [0.3, 0.4) is 0 Å². The molecule has 0 heterocycles. The molecule has 0 aliphatic heterocycles. The molecule has 1 fully saturated rings. The standard InChI is InChI=1S/C19H29N3O2.ClH.K.H/c1-19(2,3)15-8-10-16(11-9-15)24-17(23)14-6-4-13(5-7-14)12-22-18(20)21;;;/h8-11,13-14H,4-7,12H2,1-3H3,(H4,20,21,22);1H;;/t13-,14-;;;. The van der Waals surface area contributed by atoms with E-state index in [0.29, 0.717) is 18.2 Å². The van der Waals surface area contributed by atoms with Crippen LogP contribution in [0.25, 0.3) is 0 Å². The van der Waals surface area contributed by atoms with Crippen LogP contribution in [0.2, 0.25) is 0 Å². The first-order valence-electron chi connectivity index (χ1n) is 8.66. The first kappa shape index (κ1) is 25.9. The quantitative estimate of drug-likeness (QED) is 0.235. The third-order valence-corrected chi connectivity index (χ3v) is 4.70. The van der Waals surface area contributed by atoms with E-state index in [4.69, 9.17) is 15.9 Å². The molecule has 5 nitrogen and oxygen atoms in total. The molecule has 0 unspecified atom stereocenters.